The summed E-state index contributed by atoms with van der Waals surface area (Å²) < 4.78 is 16.6. The lowest BCUT2D eigenvalue weighted by Gasteiger charge is -2.06. The molecule has 6 heteroatoms. The summed E-state index contributed by atoms with van der Waals surface area (Å²) in [5, 5.41) is 19.4. The zero-order chi connectivity index (χ0) is 22.5. The molecular formula is C26H20N2O4. The average Bonchev–Trinajstić information content (AvgIpc) is 3.22. The van der Waals surface area contributed by atoms with Gasteiger partial charge in [-0.05, 0) is 71.8 Å². The van der Waals surface area contributed by atoms with Crippen LogP contribution in [-0.2, 0) is 0 Å². The Bertz CT molecular complexity index is 1280. The number of nitrogens with zero attached hydrogens (tertiary/aromatic N) is 2. The number of hydrogen-bond acceptors (Lipinski definition) is 6. The van der Waals surface area contributed by atoms with E-state index in [1.807, 2.05) is 48.5 Å². The van der Waals surface area contributed by atoms with Gasteiger partial charge in [-0.2, -0.15) is 5.26 Å². The molecule has 0 aliphatic rings. The van der Waals surface area contributed by atoms with Crippen molar-refractivity contribution in [3.63, 3.8) is 0 Å². The van der Waals surface area contributed by atoms with Crippen molar-refractivity contribution in [2.45, 2.75) is 0 Å². The molecule has 1 aromatic heterocycles. The molecule has 4 aromatic rings. The molecular weight excluding hydrogens is 404 g/mol. The first-order chi connectivity index (χ1) is 15.6. The predicted octanol–water partition coefficient (Wildman–Crippen LogP) is 5.96. The highest BCUT2D eigenvalue weighted by Crippen LogP contribution is 2.43. The van der Waals surface area contributed by atoms with Crippen molar-refractivity contribution >= 4 is 12.1 Å². The summed E-state index contributed by atoms with van der Waals surface area (Å²) in [6, 6.07) is 23.7. The Morgan fingerprint density at radius 2 is 1.41 bits per heavy atom. The fourth-order valence-corrected chi connectivity index (χ4v) is 3.29. The van der Waals surface area contributed by atoms with E-state index in [9.17, 15) is 10.4 Å². The van der Waals surface area contributed by atoms with Gasteiger partial charge in [0.25, 0.3) is 0 Å². The van der Waals surface area contributed by atoms with Gasteiger partial charge < -0.3 is 19.0 Å². The maximum atomic E-state index is 9.98. The third-order valence-electron chi connectivity index (χ3n) is 4.96. The summed E-state index contributed by atoms with van der Waals surface area (Å²) in [7, 11) is 3.21. The largest absolute Gasteiger partial charge is 0.508 e. The van der Waals surface area contributed by atoms with Crippen LogP contribution in [0.3, 0.4) is 0 Å². The number of furan rings is 1. The quantitative estimate of drug-likeness (QED) is 0.386. The van der Waals surface area contributed by atoms with Crippen molar-refractivity contribution in [1.29, 1.82) is 5.26 Å². The number of phenols is 1. The number of nitriles is 1. The highest BCUT2D eigenvalue weighted by atomic mass is 16.5. The van der Waals surface area contributed by atoms with E-state index in [0.717, 1.165) is 22.4 Å². The maximum Gasteiger partial charge on any atom is 0.238 e. The number of benzene rings is 3. The minimum Gasteiger partial charge on any atom is -0.508 e. The van der Waals surface area contributed by atoms with Crippen LogP contribution in [0, 0.1) is 11.3 Å². The molecule has 0 bridgehead atoms. The molecule has 32 heavy (non-hydrogen) atoms. The first kappa shape index (κ1) is 20.8. The van der Waals surface area contributed by atoms with Crippen LogP contribution < -0.4 is 9.47 Å². The molecule has 158 valence electrons. The van der Waals surface area contributed by atoms with Crippen LogP contribution in [0.4, 0.5) is 5.88 Å². The number of phenolic OH excluding ortho intramolecular Hbond substituents is 1. The molecule has 1 heterocycles. The second-order valence-electron chi connectivity index (χ2n) is 6.90. The van der Waals surface area contributed by atoms with Gasteiger partial charge in [0, 0.05) is 17.3 Å². The molecule has 0 aliphatic heterocycles. The zero-order valence-electron chi connectivity index (χ0n) is 17.6. The number of aromatic hydroxyl groups is 1. The van der Waals surface area contributed by atoms with E-state index in [-0.39, 0.29) is 11.6 Å². The molecule has 0 unspecified atom stereocenters. The van der Waals surface area contributed by atoms with Crippen LogP contribution in [0.15, 0.2) is 82.2 Å². The standard InChI is InChI=1S/C26H20N2O4/c1-30-21-11-5-18(6-12-21)24-23(15-27)26(28-16-17-3-9-20(29)10-4-17)32-25(24)19-7-13-22(31-2)14-8-19/h3-14,16,29H,1-2H3. The van der Waals surface area contributed by atoms with Crippen LogP contribution in [0.2, 0.25) is 0 Å². The van der Waals surface area contributed by atoms with Gasteiger partial charge in [0.1, 0.15) is 34.6 Å². The van der Waals surface area contributed by atoms with Gasteiger partial charge in [0.05, 0.1) is 14.2 Å². The smallest absolute Gasteiger partial charge is 0.238 e. The molecule has 0 aliphatic carbocycles. The van der Waals surface area contributed by atoms with Crippen molar-refractivity contribution in [3.05, 3.63) is 83.9 Å². The number of rotatable bonds is 6. The topological polar surface area (TPSA) is 88.0 Å². The van der Waals surface area contributed by atoms with Gasteiger partial charge in [-0.1, -0.05) is 12.1 Å². The number of ether oxygens (including phenoxy) is 2. The van der Waals surface area contributed by atoms with Crippen LogP contribution in [0.5, 0.6) is 17.2 Å². The first-order valence-corrected chi connectivity index (χ1v) is 9.81. The third-order valence-corrected chi connectivity index (χ3v) is 4.96. The van der Waals surface area contributed by atoms with E-state index in [1.54, 1.807) is 44.7 Å². The second-order valence-corrected chi connectivity index (χ2v) is 6.90. The SMILES string of the molecule is COc1ccc(-c2oc(N=Cc3ccc(O)cc3)c(C#N)c2-c2ccc(OC)cc2)cc1. The number of aliphatic imine (C=N–C) groups is 1. The van der Waals surface area contributed by atoms with Crippen LogP contribution in [-0.4, -0.2) is 25.5 Å². The number of methoxy groups -OCH3 is 2. The van der Waals surface area contributed by atoms with Crippen molar-refractivity contribution in [1.82, 2.24) is 0 Å². The summed E-state index contributed by atoms with van der Waals surface area (Å²) in [6.45, 7) is 0. The molecule has 0 spiro atoms. The average molecular weight is 424 g/mol. The highest BCUT2D eigenvalue weighted by molar-refractivity contribution is 5.90. The molecule has 6 nitrogen and oxygen atoms in total. The third kappa shape index (κ3) is 4.18. The van der Waals surface area contributed by atoms with Crippen molar-refractivity contribution in [2.24, 2.45) is 4.99 Å². The van der Waals surface area contributed by atoms with Crippen molar-refractivity contribution in [3.8, 4) is 45.8 Å². The lowest BCUT2D eigenvalue weighted by molar-refractivity contribution is 0.414. The molecule has 0 saturated carbocycles. The van der Waals surface area contributed by atoms with Gasteiger partial charge in [-0.25, -0.2) is 4.99 Å². The van der Waals surface area contributed by atoms with Crippen molar-refractivity contribution < 1.29 is 19.0 Å². The van der Waals surface area contributed by atoms with E-state index in [4.69, 9.17) is 13.9 Å². The van der Waals surface area contributed by atoms with Crippen LogP contribution >= 0.6 is 0 Å². The van der Waals surface area contributed by atoms with E-state index < -0.39 is 0 Å². The van der Waals surface area contributed by atoms with E-state index in [2.05, 4.69) is 11.1 Å². The summed E-state index contributed by atoms with van der Waals surface area (Å²) in [5.74, 6) is 2.34. The lowest BCUT2D eigenvalue weighted by Crippen LogP contribution is -1.87. The summed E-state index contributed by atoms with van der Waals surface area (Å²) in [5.41, 5.74) is 3.34. The molecule has 0 saturated heterocycles. The van der Waals surface area contributed by atoms with Gasteiger partial charge in [-0.3, -0.25) is 0 Å². The molecule has 0 amide bonds. The number of hydrogen-bond donors (Lipinski definition) is 1. The Labute approximate surface area is 185 Å². The van der Waals surface area contributed by atoms with E-state index in [1.165, 1.54) is 0 Å². The zero-order valence-corrected chi connectivity index (χ0v) is 17.6. The summed E-state index contributed by atoms with van der Waals surface area (Å²) in [4.78, 5) is 4.43. The molecule has 1 N–H and O–H groups in total. The molecule has 0 fully saturated rings. The Morgan fingerprint density at radius 1 is 0.844 bits per heavy atom. The monoisotopic (exact) mass is 424 g/mol. The molecule has 0 radical (unpaired) electrons. The fourth-order valence-electron chi connectivity index (χ4n) is 3.29. The van der Waals surface area contributed by atoms with E-state index in [0.29, 0.717) is 22.6 Å². The minimum atomic E-state index is 0.168. The van der Waals surface area contributed by atoms with Crippen molar-refractivity contribution in [2.75, 3.05) is 14.2 Å². The Morgan fingerprint density at radius 3 is 1.94 bits per heavy atom. The van der Waals surface area contributed by atoms with Gasteiger partial charge in [0.15, 0.2) is 0 Å². The molecule has 0 atom stereocenters. The van der Waals surface area contributed by atoms with Gasteiger partial charge in [0.2, 0.25) is 5.88 Å². The summed E-state index contributed by atoms with van der Waals surface area (Å²) >= 11 is 0. The van der Waals surface area contributed by atoms with E-state index >= 15 is 0 Å². The summed E-state index contributed by atoms with van der Waals surface area (Å²) in [6.07, 6.45) is 1.59. The Hall–Kier alpha value is -4.50. The fraction of sp³-hybridized carbons (Fsp3) is 0.0769. The van der Waals surface area contributed by atoms with Gasteiger partial charge in [-0.15, -0.1) is 0 Å². The minimum absolute atomic E-state index is 0.168. The molecule has 4 rings (SSSR count). The molecule has 3 aromatic carbocycles. The normalized spacial score (nSPS) is 10.8. The van der Waals surface area contributed by atoms with Gasteiger partial charge >= 0.3 is 0 Å². The first-order valence-electron chi connectivity index (χ1n) is 9.81. The lowest BCUT2D eigenvalue weighted by atomic mass is 9.98. The maximum absolute atomic E-state index is 9.98. The Balaban J connectivity index is 1.86. The van der Waals surface area contributed by atoms with Crippen LogP contribution in [0.25, 0.3) is 22.5 Å². The second kappa shape index (κ2) is 9.11. The van der Waals surface area contributed by atoms with Crippen LogP contribution in [0.1, 0.15) is 11.1 Å². The highest BCUT2D eigenvalue weighted by Gasteiger charge is 2.23. The Kier molecular flexibility index (Phi) is 5.91. The predicted molar refractivity (Wildman–Crippen MR) is 123 cm³/mol.